The highest BCUT2D eigenvalue weighted by Crippen LogP contribution is 2.32. The van der Waals surface area contributed by atoms with Gasteiger partial charge in [0.15, 0.2) is 12.2 Å². The SMILES string of the molecule is CC(=O)N[C@H]1[C@H](OC(=O)c2ccc3ccccc3c2O)O[C@@H](COC(C)=O)[C@@H](OC(C)=O)[C@@H]1OC(C)=O. The Hall–Kier alpha value is -4.19. The van der Waals surface area contributed by atoms with Gasteiger partial charge in [0.2, 0.25) is 12.2 Å². The van der Waals surface area contributed by atoms with Gasteiger partial charge in [-0.3, -0.25) is 19.2 Å². The van der Waals surface area contributed by atoms with Crippen LogP contribution in [0, 0.1) is 0 Å². The molecule has 0 saturated carbocycles. The maximum absolute atomic E-state index is 13.1. The smallest absolute Gasteiger partial charge is 0.344 e. The first kappa shape index (κ1) is 27.4. The van der Waals surface area contributed by atoms with E-state index >= 15 is 0 Å². The zero-order valence-electron chi connectivity index (χ0n) is 20.6. The zero-order chi connectivity index (χ0) is 27.3. The van der Waals surface area contributed by atoms with Crippen LogP contribution in [-0.4, -0.2) is 72.1 Å². The molecular weight excluding hydrogens is 490 g/mol. The molecule has 0 aliphatic carbocycles. The Morgan fingerprint density at radius 2 is 1.51 bits per heavy atom. The lowest BCUT2D eigenvalue weighted by molar-refractivity contribution is -0.263. The second-order valence-corrected chi connectivity index (χ2v) is 8.31. The number of hydrogen-bond donors (Lipinski definition) is 2. The zero-order valence-corrected chi connectivity index (χ0v) is 20.6. The Bertz CT molecular complexity index is 1210. The van der Waals surface area contributed by atoms with E-state index in [9.17, 15) is 29.1 Å². The number of fused-ring (bicyclic) bond motifs is 1. The van der Waals surface area contributed by atoms with Gasteiger partial charge >= 0.3 is 23.9 Å². The highest BCUT2D eigenvalue weighted by Gasteiger charge is 2.52. The van der Waals surface area contributed by atoms with Crippen molar-refractivity contribution in [2.24, 2.45) is 0 Å². The predicted molar refractivity (Wildman–Crippen MR) is 125 cm³/mol. The van der Waals surface area contributed by atoms with Gasteiger partial charge in [0.1, 0.15) is 30.1 Å². The van der Waals surface area contributed by atoms with Crippen molar-refractivity contribution in [3.63, 3.8) is 0 Å². The van der Waals surface area contributed by atoms with Gasteiger partial charge in [-0.05, 0) is 11.5 Å². The second kappa shape index (κ2) is 11.7. The summed E-state index contributed by atoms with van der Waals surface area (Å²) in [6, 6.07) is 8.47. The molecule has 3 rings (SSSR count). The molecule has 1 fully saturated rings. The van der Waals surface area contributed by atoms with Gasteiger partial charge in [-0.25, -0.2) is 4.79 Å². The summed E-state index contributed by atoms with van der Waals surface area (Å²) in [5.41, 5.74) is -0.188. The molecule has 1 aliphatic heterocycles. The molecule has 0 aromatic heterocycles. The van der Waals surface area contributed by atoms with E-state index in [2.05, 4.69) is 5.32 Å². The normalized spacial score (nSPS) is 23.0. The molecule has 0 unspecified atom stereocenters. The first-order valence-electron chi connectivity index (χ1n) is 11.3. The molecule has 2 aromatic carbocycles. The van der Waals surface area contributed by atoms with E-state index in [1.807, 2.05) is 0 Å². The fraction of sp³-hybridized carbons (Fsp3) is 0.400. The molecule has 12 heteroatoms. The maximum atomic E-state index is 13.1. The van der Waals surface area contributed by atoms with Crippen molar-refractivity contribution >= 4 is 40.6 Å². The maximum Gasteiger partial charge on any atom is 0.344 e. The largest absolute Gasteiger partial charge is 0.506 e. The average Bonchev–Trinajstić information content (AvgIpc) is 2.81. The molecule has 5 atom stereocenters. The summed E-state index contributed by atoms with van der Waals surface area (Å²) in [4.78, 5) is 60.3. The summed E-state index contributed by atoms with van der Waals surface area (Å²) < 4.78 is 27.0. The molecule has 198 valence electrons. The van der Waals surface area contributed by atoms with Gasteiger partial charge in [-0.1, -0.05) is 30.3 Å². The third-order valence-electron chi connectivity index (χ3n) is 5.41. The van der Waals surface area contributed by atoms with Crippen LogP contribution in [0.1, 0.15) is 38.1 Å². The lowest BCUT2D eigenvalue weighted by atomic mass is 9.96. The molecule has 0 spiro atoms. The van der Waals surface area contributed by atoms with Crippen LogP contribution < -0.4 is 5.32 Å². The lowest BCUT2D eigenvalue weighted by Gasteiger charge is -2.44. The Morgan fingerprint density at radius 1 is 0.865 bits per heavy atom. The van der Waals surface area contributed by atoms with Gasteiger partial charge in [0.25, 0.3) is 0 Å². The number of phenols is 1. The number of phenolic OH excluding ortho intramolecular Hbond substituents is 1. The minimum Gasteiger partial charge on any atom is -0.506 e. The Balaban J connectivity index is 2.00. The number of carbonyl (C=O) groups is 5. The summed E-state index contributed by atoms with van der Waals surface area (Å²) in [7, 11) is 0. The Kier molecular flexibility index (Phi) is 8.66. The van der Waals surface area contributed by atoms with Gasteiger partial charge in [0.05, 0.1) is 0 Å². The molecule has 0 bridgehead atoms. The first-order chi connectivity index (χ1) is 17.5. The molecule has 1 aliphatic rings. The van der Waals surface area contributed by atoms with Crippen molar-refractivity contribution in [3.05, 3.63) is 42.0 Å². The molecule has 0 radical (unpaired) electrons. The molecule has 1 heterocycles. The van der Waals surface area contributed by atoms with E-state index in [1.54, 1.807) is 30.3 Å². The van der Waals surface area contributed by atoms with Crippen molar-refractivity contribution < 1.29 is 52.8 Å². The third-order valence-corrected chi connectivity index (χ3v) is 5.41. The van der Waals surface area contributed by atoms with Gasteiger partial charge in [0, 0.05) is 33.1 Å². The molecular formula is C25H27NO11. The van der Waals surface area contributed by atoms with Crippen molar-refractivity contribution in [3.8, 4) is 5.75 Å². The monoisotopic (exact) mass is 517 g/mol. The molecule has 2 N–H and O–H groups in total. The van der Waals surface area contributed by atoms with Crippen molar-refractivity contribution in [1.29, 1.82) is 0 Å². The van der Waals surface area contributed by atoms with Crippen LogP contribution in [0.25, 0.3) is 10.8 Å². The second-order valence-electron chi connectivity index (χ2n) is 8.31. The van der Waals surface area contributed by atoms with E-state index in [-0.39, 0.29) is 11.3 Å². The van der Waals surface area contributed by atoms with Crippen LogP contribution >= 0.6 is 0 Å². The number of carbonyl (C=O) groups excluding carboxylic acids is 5. The number of benzene rings is 2. The first-order valence-corrected chi connectivity index (χ1v) is 11.3. The van der Waals surface area contributed by atoms with Crippen molar-refractivity contribution in [1.82, 2.24) is 5.32 Å². The van der Waals surface area contributed by atoms with Gasteiger partial charge < -0.3 is 34.1 Å². The molecule has 37 heavy (non-hydrogen) atoms. The van der Waals surface area contributed by atoms with Crippen LogP contribution in [0.3, 0.4) is 0 Å². The molecule has 1 saturated heterocycles. The molecule has 1 amide bonds. The van der Waals surface area contributed by atoms with Gasteiger partial charge in [-0.15, -0.1) is 0 Å². The van der Waals surface area contributed by atoms with E-state index in [0.29, 0.717) is 10.8 Å². The predicted octanol–water partition coefficient (Wildman–Crippen LogP) is 1.36. The van der Waals surface area contributed by atoms with Crippen LogP contribution in [0.4, 0.5) is 0 Å². The minimum atomic E-state index is -1.60. The number of hydrogen-bond acceptors (Lipinski definition) is 11. The number of ether oxygens (including phenoxy) is 5. The summed E-state index contributed by atoms with van der Waals surface area (Å²) in [6.07, 6.45) is -5.56. The fourth-order valence-corrected chi connectivity index (χ4v) is 3.98. The lowest BCUT2D eigenvalue weighted by Crippen LogP contribution is -2.66. The molecule has 12 nitrogen and oxygen atoms in total. The summed E-state index contributed by atoms with van der Waals surface area (Å²) in [5.74, 6) is -4.17. The number of nitrogens with one attached hydrogen (secondary N) is 1. The van der Waals surface area contributed by atoms with Crippen LogP contribution in [0.15, 0.2) is 36.4 Å². The Morgan fingerprint density at radius 3 is 2.14 bits per heavy atom. The van der Waals surface area contributed by atoms with E-state index < -0.39 is 67.0 Å². The number of amides is 1. The summed E-state index contributed by atoms with van der Waals surface area (Å²) in [6.45, 7) is 4.07. The summed E-state index contributed by atoms with van der Waals surface area (Å²) in [5, 5.41) is 14.3. The highest BCUT2D eigenvalue weighted by atomic mass is 16.7. The Labute approximate surface area is 211 Å². The van der Waals surface area contributed by atoms with E-state index in [4.69, 9.17) is 23.7 Å². The number of rotatable bonds is 7. The van der Waals surface area contributed by atoms with E-state index in [0.717, 1.165) is 20.8 Å². The molecule has 2 aromatic rings. The quantitative estimate of drug-likeness (QED) is 0.402. The number of aromatic hydroxyl groups is 1. The van der Waals surface area contributed by atoms with Crippen molar-refractivity contribution in [2.45, 2.75) is 58.3 Å². The average molecular weight is 517 g/mol. The third kappa shape index (κ3) is 6.73. The van der Waals surface area contributed by atoms with Crippen LogP contribution in [0.2, 0.25) is 0 Å². The summed E-state index contributed by atoms with van der Waals surface area (Å²) >= 11 is 0. The van der Waals surface area contributed by atoms with Crippen LogP contribution in [0.5, 0.6) is 5.75 Å². The van der Waals surface area contributed by atoms with Gasteiger partial charge in [-0.2, -0.15) is 0 Å². The van der Waals surface area contributed by atoms with E-state index in [1.165, 1.54) is 13.0 Å². The van der Waals surface area contributed by atoms with Crippen LogP contribution in [-0.2, 0) is 42.9 Å². The topological polar surface area (TPSA) is 164 Å². The standard InChI is InChI=1S/C25H27NO11/c1-12(27)26-20-23(35-15(4)30)22(34-14(3)29)19(11-33-13(2)28)36-25(20)37-24(32)18-10-9-16-7-5-6-8-17(16)21(18)31/h5-10,19-20,22-23,25,31H,11H2,1-4H3,(H,26,27)/t19-,20+,22+,23+,25-/m0/s1. The highest BCUT2D eigenvalue weighted by molar-refractivity contribution is 6.01. The number of esters is 4. The minimum absolute atomic E-state index is 0.188. The fourth-order valence-electron chi connectivity index (χ4n) is 3.98. The van der Waals surface area contributed by atoms with Crippen molar-refractivity contribution in [2.75, 3.05) is 6.61 Å².